The van der Waals surface area contributed by atoms with Crippen LogP contribution in [-0.4, -0.2) is 13.7 Å². The Morgan fingerprint density at radius 3 is 2.39 bits per heavy atom. The maximum Gasteiger partial charge on any atom is 0.175 e. The summed E-state index contributed by atoms with van der Waals surface area (Å²) in [6, 6.07) is 14.9. The Hall–Kier alpha value is -1.14. The van der Waals surface area contributed by atoms with Crippen molar-refractivity contribution in [3.63, 3.8) is 0 Å². The van der Waals surface area contributed by atoms with Gasteiger partial charge >= 0.3 is 0 Å². The number of methoxy groups -OCH3 is 1. The predicted octanol–water partition coefficient (Wildman–Crippen LogP) is 7.98. The number of halogens is 5. The van der Waals surface area contributed by atoms with Crippen molar-refractivity contribution in [1.29, 1.82) is 0 Å². The number of hydrogen-bond acceptors (Lipinski definition) is 3. The quantitative estimate of drug-likeness (QED) is 0.268. The molecular formula is C23H20BrCl4NO2. The highest BCUT2D eigenvalue weighted by atomic mass is 79.9. The van der Waals surface area contributed by atoms with E-state index in [0.29, 0.717) is 44.7 Å². The second-order valence-electron chi connectivity index (χ2n) is 6.81. The van der Waals surface area contributed by atoms with Gasteiger partial charge in [0.05, 0.1) is 21.6 Å². The highest BCUT2D eigenvalue weighted by molar-refractivity contribution is 9.10. The van der Waals surface area contributed by atoms with Gasteiger partial charge in [0.2, 0.25) is 0 Å². The van der Waals surface area contributed by atoms with E-state index >= 15 is 0 Å². The Labute approximate surface area is 210 Å². The summed E-state index contributed by atoms with van der Waals surface area (Å²) >= 11 is 27.8. The van der Waals surface area contributed by atoms with Crippen LogP contribution in [0.15, 0.2) is 53.0 Å². The van der Waals surface area contributed by atoms with Crippen LogP contribution in [0.5, 0.6) is 11.5 Å². The first-order chi connectivity index (χ1) is 14.9. The molecular weight excluding hydrogens is 544 g/mol. The lowest BCUT2D eigenvalue weighted by Crippen LogP contribution is -2.17. The van der Waals surface area contributed by atoms with Crippen LogP contribution in [0.1, 0.15) is 16.7 Å². The van der Waals surface area contributed by atoms with Gasteiger partial charge in [-0.1, -0.05) is 58.5 Å². The molecule has 0 saturated heterocycles. The fourth-order valence-corrected chi connectivity index (χ4v) is 4.41. The SMILES string of the molecule is COc1cc(CNCCc2ccc(Cl)cc2Cl)cc(Br)c1OCc1ccc(Cl)c(Cl)c1. The van der Waals surface area contributed by atoms with Gasteiger partial charge in [-0.15, -0.1) is 0 Å². The Kier molecular flexibility index (Phi) is 9.20. The third-order valence-electron chi connectivity index (χ3n) is 4.57. The molecule has 0 bridgehead atoms. The lowest BCUT2D eigenvalue weighted by Gasteiger charge is -2.15. The molecule has 3 aromatic rings. The zero-order valence-corrected chi connectivity index (χ0v) is 21.3. The average Bonchev–Trinajstić information content (AvgIpc) is 2.73. The van der Waals surface area contributed by atoms with Crippen molar-refractivity contribution in [1.82, 2.24) is 5.32 Å². The molecule has 0 saturated carbocycles. The van der Waals surface area contributed by atoms with Crippen LogP contribution >= 0.6 is 62.3 Å². The van der Waals surface area contributed by atoms with E-state index < -0.39 is 0 Å². The molecule has 0 fully saturated rings. The molecule has 0 aliphatic carbocycles. The van der Waals surface area contributed by atoms with Gasteiger partial charge in [0.1, 0.15) is 6.61 Å². The second kappa shape index (κ2) is 11.6. The minimum Gasteiger partial charge on any atom is -0.493 e. The van der Waals surface area contributed by atoms with Crippen molar-refractivity contribution in [3.8, 4) is 11.5 Å². The molecule has 31 heavy (non-hydrogen) atoms. The molecule has 3 rings (SSSR count). The second-order valence-corrected chi connectivity index (χ2v) is 9.32. The van der Waals surface area contributed by atoms with E-state index in [9.17, 15) is 0 Å². The fraction of sp³-hybridized carbons (Fsp3) is 0.217. The number of nitrogens with one attached hydrogen (secondary N) is 1. The van der Waals surface area contributed by atoms with Gasteiger partial charge in [0.15, 0.2) is 11.5 Å². The van der Waals surface area contributed by atoms with Crippen LogP contribution in [-0.2, 0) is 19.6 Å². The van der Waals surface area contributed by atoms with Crippen LogP contribution < -0.4 is 14.8 Å². The number of hydrogen-bond donors (Lipinski definition) is 1. The van der Waals surface area contributed by atoms with Crippen molar-refractivity contribution in [2.45, 2.75) is 19.6 Å². The number of rotatable bonds is 9. The van der Waals surface area contributed by atoms with Crippen molar-refractivity contribution < 1.29 is 9.47 Å². The molecule has 1 N–H and O–H groups in total. The van der Waals surface area contributed by atoms with Crippen LogP contribution in [0.3, 0.4) is 0 Å². The third kappa shape index (κ3) is 6.92. The van der Waals surface area contributed by atoms with E-state index in [0.717, 1.165) is 34.1 Å². The molecule has 0 aliphatic heterocycles. The Morgan fingerprint density at radius 2 is 1.68 bits per heavy atom. The third-order valence-corrected chi connectivity index (χ3v) is 6.49. The summed E-state index contributed by atoms with van der Waals surface area (Å²) in [5, 5.41) is 5.75. The molecule has 0 unspecified atom stereocenters. The summed E-state index contributed by atoms with van der Waals surface area (Å²) in [5.74, 6) is 1.28. The summed E-state index contributed by atoms with van der Waals surface area (Å²) in [6.45, 7) is 1.79. The molecule has 0 radical (unpaired) electrons. The van der Waals surface area contributed by atoms with Crippen LogP contribution in [0.4, 0.5) is 0 Å². The van der Waals surface area contributed by atoms with Gasteiger partial charge < -0.3 is 14.8 Å². The summed E-state index contributed by atoms with van der Waals surface area (Å²) in [7, 11) is 1.62. The Bertz CT molecular complexity index is 1060. The minimum absolute atomic E-state index is 0.339. The smallest absolute Gasteiger partial charge is 0.175 e. The van der Waals surface area contributed by atoms with E-state index in [-0.39, 0.29) is 0 Å². The first-order valence-electron chi connectivity index (χ1n) is 9.45. The monoisotopic (exact) mass is 561 g/mol. The molecule has 0 spiro atoms. The fourth-order valence-electron chi connectivity index (χ4n) is 2.98. The average molecular weight is 564 g/mol. The zero-order valence-electron chi connectivity index (χ0n) is 16.7. The molecule has 8 heteroatoms. The van der Waals surface area contributed by atoms with Gasteiger partial charge in [-0.3, -0.25) is 0 Å². The van der Waals surface area contributed by atoms with Gasteiger partial charge in [-0.25, -0.2) is 0 Å². The first kappa shape index (κ1) is 24.5. The first-order valence-corrected chi connectivity index (χ1v) is 11.8. The van der Waals surface area contributed by atoms with Crippen LogP contribution in [0.25, 0.3) is 0 Å². The van der Waals surface area contributed by atoms with E-state index in [1.807, 2.05) is 30.3 Å². The topological polar surface area (TPSA) is 30.5 Å². The number of ether oxygens (including phenoxy) is 2. The van der Waals surface area contributed by atoms with Crippen LogP contribution in [0, 0.1) is 0 Å². The highest BCUT2D eigenvalue weighted by Crippen LogP contribution is 2.37. The standard InChI is InChI=1S/C23H20BrCl4NO2/c1-30-22-10-15(12-29-7-6-16-3-4-17(25)11-20(16)27)8-18(24)23(22)31-13-14-2-5-19(26)21(28)9-14/h2-5,8-11,29H,6-7,12-13H2,1H3. The van der Waals surface area contributed by atoms with Crippen molar-refractivity contribution in [3.05, 3.63) is 89.8 Å². The Balaban J connectivity index is 1.59. The lowest BCUT2D eigenvalue weighted by molar-refractivity contribution is 0.282. The number of benzene rings is 3. The van der Waals surface area contributed by atoms with E-state index in [1.54, 1.807) is 25.3 Å². The maximum absolute atomic E-state index is 6.23. The van der Waals surface area contributed by atoms with Gasteiger partial charge in [-0.2, -0.15) is 0 Å². The molecule has 164 valence electrons. The lowest BCUT2D eigenvalue weighted by atomic mass is 10.1. The van der Waals surface area contributed by atoms with Gasteiger partial charge in [0, 0.05) is 16.6 Å². The summed E-state index contributed by atoms with van der Waals surface area (Å²) < 4.78 is 12.3. The summed E-state index contributed by atoms with van der Waals surface area (Å²) in [5.41, 5.74) is 3.03. The maximum atomic E-state index is 6.23. The largest absolute Gasteiger partial charge is 0.493 e. The molecule has 3 aromatic carbocycles. The van der Waals surface area contributed by atoms with Crippen molar-refractivity contribution in [2.75, 3.05) is 13.7 Å². The van der Waals surface area contributed by atoms with Crippen molar-refractivity contribution in [2.24, 2.45) is 0 Å². The van der Waals surface area contributed by atoms with Crippen molar-refractivity contribution >= 4 is 62.3 Å². The molecule has 0 atom stereocenters. The minimum atomic E-state index is 0.339. The van der Waals surface area contributed by atoms with Gasteiger partial charge in [0.25, 0.3) is 0 Å². The van der Waals surface area contributed by atoms with Crippen LogP contribution in [0.2, 0.25) is 20.1 Å². The molecule has 3 nitrogen and oxygen atoms in total. The summed E-state index contributed by atoms with van der Waals surface area (Å²) in [4.78, 5) is 0. The van der Waals surface area contributed by atoms with E-state index in [2.05, 4.69) is 21.2 Å². The molecule has 0 aromatic heterocycles. The zero-order chi connectivity index (χ0) is 22.4. The van der Waals surface area contributed by atoms with E-state index in [4.69, 9.17) is 55.9 Å². The Morgan fingerprint density at radius 1 is 0.871 bits per heavy atom. The van der Waals surface area contributed by atoms with Gasteiger partial charge in [-0.05, 0) is 82.0 Å². The molecule has 0 aliphatic rings. The predicted molar refractivity (Wildman–Crippen MR) is 133 cm³/mol. The normalized spacial score (nSPS) is 10.9. The summed E-state index contributed by atoms with van der Waals surface area (Å²) in [6.07, 6.45) is 0.805. The highest BCUT2D eigenvalue weighted by Gasteiger charge is 2.13. The molecule has 0 amide bonds. The molecule has 0 heterocycles. The van der Waals surface area contributed by atoms with E-state index in [1.165, 1.54) is 0 Å².